The summed E-state index contributed by atoms with van der Waals surface area (Å²) in [5.74, 6) is -0.450. The minimum absolute atomic E-state index is 0.0258. The zero-order valence-corrected chi connectivity index (χ0v) is 19.1. The summed E-state index contributed by atoms with van der Waals surface area (Å²) in [7, 11) is -0.833. The Kier molecular flexibility index (Phi) is 6.45. The predicted octanol–water partition coefficient (Wildman–Crippen LogP) is 3.38. The van der Waals surface area contributed by atoms with Gasteiger partial charge in [0.15, 0.2) is 15.5 Å². The van der Waals surface area contributed by atoms with E-state index in [2.05, 4.69) is 5.10 Å². The minimum Gasteiger partial charge on any atom is -0.372 e. The number of aryl methyl sites for hydroxylation is 1. The van der Waals surface area contributed by atoms with Crippen LogP contribution in [0.3, 0.4) is 0 Å². The summed E-state index contributed by atoms with van der Waals surface area (Å²) in [5.41, 5.74) is -0.345. The molecule has 32 heavy (non-hydrogen) atoms. The lowest BCUT2D eigenvalue weighted by Crippen LogP contribution is -2.42. The molecule has 11 heteroatoms. The fourth-order valence-electron chi connectivity index (χ4n) is 3.70. The SMILES string of the molecule is Cc1cccc(S(=O)(=O)C2(C)CCOC(c3cc(C(F)(F)F)nn3CC(=O)N(C)C)C2)c1. The first-order chi connectivity index (χ1) is 14.7. The highest BCUT2D eigenvalue weighted by Crippen LogP contribution is 2.43. The maximum absolute atomic E-state index is 13.4. The van der Waals surface area contributed by atoms with Gasteiger partial charge in [0.05, 0.1) is 15.3 Å². The van der Waals surface area contributed by atoms with Gasteiger partial charge in [0, 0.05) is 20.7 Å². The zero-order valence-electron chi connectivity index (χ0n) is 18.3. The van der Waals surface area contributed by atoms with Crippen molar-refractivity contribution in [2.75, 3.05) is 20.7 Å². The summed E-state index contributed by atoms with van der Waals surface area (Å²) in [5, 5.41) is 3.57. The van der Waals surface area contributed by atoms with Crippen LogP contribution in [0.1, 0.15) is 42.8 Å². The van der Waals surface area contributed by atoms with Crippen molar-refractivity contribution in [3.8, 4) is 0 Å². The number of sulfone groups is 1. The summed E-state index contributed by atoms with van der Waals surface area (Å²) >= 11 is 0. The lowest BCUT2D eigenvalue weighted by atomic mass is 9.94. The van der Waals surface area contributed by atoms with Crippen LogP contribution in [-0.4, -0.2) is 54.5 Å². The predicted molar refractivity (Wildman–Crippen MR) is 111 cm³/mol. The lowest BCUT2D eigenvalue weighted by molar-refractivity contribution is -0.142. The molecule has 1 saturated heterocycles. The van der Waals surface area contributed by atoms with Crippen LogP contribution in [0, 0.1) is 6.92 Å². The van der Waals surface area contributed by atoms with Gasteiger partial charge in [-0.1, -0.05) is 12.1 Å². The molecule has 2 atom stereocenters. The van der Waals surface area contributed by atoms with Crippen LogP contribution in [0.2, 0.25) is 0 Å². The Morgan fingerprint density at radius 2 is 2.00 bits per heavy atom. The average Bonchev–Trinajstić information content (AvgIpc) is 3.12. The number of hydrogen-bond acceptors (Lipinski definition) is 5. The topological polar surface area (TPSA) is 81.5 Å². The molecule has 1 fully saturated rings. The average molecular weight is 474 g/mol. The molecule has 1 aliphatic rings. The molecule has 1 amide bonds. The second-order valence-electron chi connectivity index (χ2n) is 8.48. The fraction of sp³-hybridized carbons (Fsp3) is 0.524. The van der Waals surface area contributed by atoms with E-state index in [0.29, 0.717) is 0 Å². The van der Waals surface area contributed by atoms with Crippen LogP contribution in [0.15, 0.2) is 35.2 Å². The molecule has 2 aromatic rings. The lowest BCUT2D eigenvalue weighted by Gasteiger charge is -2.37. The Bertz CT molecular complexity index is 1110. The molecule has 0 aliphatic carbocycles. The van der Waals surface area contributed by atoms with Crippen molar-refractivity contribution in [2.24, 2.45) is 0 Å². The molecule has 0 spiro atoms. The molecule has 0 saturated carbocycles. The van der Waals surface area contributed by atoms with E-state index >= 15 is 0 Å². The molecule has 1 aromatic carbocycles. The van der Waals surface area contributed by atoms with Crippen LogP contribution in [0.5, 0.6) is 0 Å². The molecule has 7 nitrogen and oxygen atoms in total. The van der Waals surface area contributed by atoms with Crippen molar-refractivity contribution in [3.05, 3.63) is 47.3 Å². The van der Waals surface area contributed by atoms with Crippen molar-refractivity contribution in [1.29, 1.82) is 0 Å². The van der Waals surface area contributed by atoms with Gasteiger partial charge in [-0.15, -0.1) is 0 Å². The molecule has 2 heterocycles. The standard InChI is InChI=1S/C21H26F3N3O4S/c1-14-6-5-7-15(10-14)32(29,30)20(2)8-9-31-17(12-20)16-11-18(21(22,23)24)25-27(16)13-19(28)26(3)4/h5-7,10-11,17H,8-9,12-13H2,1-4H3. The van der Waals surface area contributed by atoms with E-state index in [-0.39, 0.29) is 30.0 Å². The number of amides is 1. The third kappa shape index (κ3) is 4.68. The van der Waals surface area contributed by atoms with Gasteiger partial charge in [0.2, 0.25) is 5.91 Å². The van der Waals surface area contributed by atoms with Gasteiger partial charge in [-0.2, -0.15) is 18.3 Å². The van der Waals surface area contributed by atoms with Crippen LogP contribution >= 0.6 is 0 Å². The Balaban J connectivity index is 2.00. The Labute approximate surface area is 185 Å². The minimum atomic E-state index is -4.72. The largest absolute Gasteiger partial charge is 0.435 e. The number of carbonyl (C=O) groups is 1. The molecule has 1 aromatic heterocycles. The number of aromatic nitrogens is 2. The van der Waals surface area contributed by atoms with Crippen LogP contribution in [-0.2, 0) is 32.1 Å². The third-order valence-electron chi connectivity index (χ3n) is 5.73. The van der Waals surface area contributed by atoms with Crippen molar-refractivity contribution in [2.45, 2.75) is 55.2 Å². The third-order valence-corrected chi connectivity index (χ3v) is 8.27. The normalized spacial score (nSPS) is 22.0. The summed E-state index contributed by atoms with van der Waals surface area (Å²) < 4.78 is 72.3. The highest BCUT2D eigenvalue weighted by atomic mass is 32.2. The van der Waals surface area contributed by atoms with E-state index < -0.39 is 45.0 Å². The number of nitrogens with zero attached hydrogens (tertiary/aromatic N) is 3. The second kappa shape index (κ2) is 8.51. The zero-order chi connectivity index (χ0) is 23.9. The monoisotopic (exact) mass is 473 g/mol. The van der Waals surface area contributed by atoms with Crippen molar-refractivity contribution in [3.63, 3.8) is 0 Å². The summed E-state index contributed by atoms with van der Waals surface area (Å²) in [6.45, 7) is 2.99. The number of ether oxygens (including phenoxy) is 1. The smallest absolute Gasteiger partial charge is 0.372 e. The number of alkyl halides is 3. The number of hydrogen-bond donors (Lipinski definition) is 0. The van der Waals surface area contributed by atoms with Crippen LogP contribution < -0.4 is 0 Å². The first kappa shape index (κ1) is 24.2. The van der Waals surface area contributed by atoms with Gasteiger partial charge in [0.25, 0.3) is 0 Å². The Morgan fingerprint density at radius 1 is 1.31 bits per heavy atom. The summed E-state index contributed by atoms with van der Waals surface area (Å²) in [6, 6.07) is 7.36. The van der Waals surface area contributed by atoms with Crippen molar-refractivity contribution >= 4 is 15.7 Å². The van der Waals surface area contributed by atoms with Gasteiger partial charge < -0.3 is 9.64 Å². The second-order valence-corrected chi connectivity index (χ2v) is 10.9. The van der Waals surface area contributed by atoms with Gasteiger partial charge in [0.1, 0.15) is 12.6 Å². The highest BCUT2D eigenvalue weighted by Gasteiger charge is 2.46. The molecule has 3 rings (SSSR count). The van der Waals surface area contributed by atoms with E-state index in [0.717, 1.165) is 16.3 Å². The maximum Gasteiger partial charge on any atom is 0.435 e. The van der Waals surface area contributed by atoms with E-state index in [9.17, 15) is 26.4 Å². The van der Waals surface area contributed by atoms with Gasteiger partial charge in [-0.25, -0.2) is 8.42 Å². The summed E-state index contributed by atoms with van der Waals surface area (Å²) in [6.07, 6.45) is -5.56. The molecule has 1 aliphatic heterocycles. The maximum atomic E-state index is 13.4. The Morgan fingerprint density at radius 3 is 2.59 bits per heavy atom. The molecule has 0 bridgehead atoms. The number of rotatable bonds is 5. The van der Waals surface area contributed by atoms with E-state index in [1.165, 1.54) is 25.1 Å². The number of likely N-dealkylation sites (N-methyl/N-ethyl adjacent to an activating group) is 1. The first-order valence-corrected chi connectivity index (χ1v) is 11.5. The number of benzene rings is 1. The molecule has 176 valence electrons. The van der Waals surface area contributed by atoms with Crippen LogP contribution in [0.4, 0.5) is 13.2 Å². The molecular weight excluding hydrogens is 447 g/mol. The highest BCUT2D eigenvalue weighted by molar-refractivity contribution is 7.92. The molecule has 0 N–H and O–H groups in total. The first-order valence-electron chi connectivity index (χ1n) is 10.0. The van der Waals surface area contributed by atoms with E-state index in [1.807, 2.05) is 0 Å². The molecule has 2 unspecified atom stereocenters. The van der Waals surface area contributed by atoms with Crippen molar-refractivity contribution < 1.29 is 31.1 Å². The van der Waals surface area contributed by atoms with Crippen LogP contribution in [0.25, 0.3) is 0 Å². The number of halogens is 3. The molecule has 0 radical (unpaired) electrons. The van der Waals surface area contributed by atoms with E-state index in [1.54, 1.807) is 32.0 Å². The molecular formula is C21H26F3N3O4S. The fourth-order valence-corrected chi connectivity index (χ4v) is 5.59. The quantitative estimate of drug-likeness (QED) is 0.665. The number of carbonyl (C=O) groups excluding carboxylic acids is 1. The van der Waals surface area contributed by atoms with Gasteiger partial charge in [-0.05, 0) is 50.5 Å². The van der Waals surface area contributed by atoms with Gasteiger partial charge >= 0.3 is 6.18 Å². The van der Waals surface area contributed by atoms with Crippen molar-refractivity contribution in [1.82, 2.24) is 14.7 Å². The Hall–Kier alpha value is -2.40. The van der Waals surface area contributed by atoms with Gasteiger partial charge in [-0.3, -0.25) is 9.48 Å². The van der Waals surface area contributed by atoms with E-state index in [4.69, 9.17) is 4.74 Å². The summed E-state index contributed by atoms with van der Waals surface area (Å²) in [4.78, 5) is 13.6.